The lowest BCUT2D eigenvalue weighted by Crippen LogP contribution is -2.53. The molecule has 0 atom stereocenters. The average Bonchev–Trinajstić information content (AvgIpc) is 2.34. The van der Waals surface area contributed by atoms with Gasteiger partial charge in [0.25, 0.3) is 0 Å². The molecule has 0 aromatic heterocycles. The number of ether oxygens (including phenoxy) is 1. The predicted molar refractivity (Wildman–Crippen MR) is 73.1 cm³/mol. The molecule has 1 saturated heterocycles. The van der Waals surface area contributed by atoms with E-state index in [-0.39, 0.29) is 12.5 Å². The van der Waals surface area contributed by atoms with Gasteiger partial charge in [-0.15, -0.1) is 0 Å². The smallest absolute Gasteiger partial charge is 0.410 e. The molecule has 0 radical (unpaired) electrons. The Morgan fingerprint density at radius 2 is 2.10 bits per heavy atom. The molecule has 1 N–H and O–H groups in total. The van der Waals surface area contributed by atoms with E-state index in [1.54, 1.807) is 25.7 Å². The van der Waals surface area contributed by atoms with Gasteiger partial charge >= 0.3 is 6.09 Å². The molecular formula is C13H23N3O4. The summed E-state index contributed by atoms with van der Waals surface area (Å²) in [7, 11) is 0. The molecule has 1 heterocycles. The summed E-state index contributed by atoms with van der Waals surface area (Å²) in [5, 5.41) is 2.55. The van der Waals surface area contributed by atoms with Gasteiger partial charge in [-0.3, -0.25) is 14.5 Å². The first kappa shape index (κ1) is 16.3. The van der Waals surface area contributed by atoms with Crippen LogP contribution in [0.1, 0.15) is 27.2 Å². The summed E-state index contributed by atoms with van der Waals surface area (Å²) in [5.74, 6) is -0.0896. The number of piperazine rings is 1. The summed E-state index contributed by atoms with van der Waals surface area (Å²) < 4.78 is 5.24. The molecule has 7 nitrogen and oxygen atoms in total. The van der Waals surface area contributed by atoms with E-state index >= 15 is 0 Å². The van der Waals surface area contributed by atoms with Crippen molar-refractivity contribution in [2.24, 2.45) is 0 Å². The van der Waals surface area contributed by atoms with E-state index in [0.717, 1.165) is 0 Å². The third-order valence-electron chi connectivity index (χ3n) is 2.80. The van der Waals surface area contributed by atoms with E-state index in [0.29, 0.717) is 39.0 Å². The third-order valence-corrected chi connectivity index (χ3v) is 2.80. The Hall–Kier alpha value is -1.79. The number of nitrogens with one attached hydrogen (secondary N) is 1. The van der Waals surface area contributed by atoms with Crippen molar-refractivity contribution in [3.8, 4) is 0 Å². The van der Waals surface area contributed by atoms with Crippen molar-refractivity contribution in [3.63, 3.8) is 0 Å². The normalized spacial score (nSPS) is 16.1. The summed E-state index contributed by atoms with van der Waals surface area (Å²) in [6.45, 7) is 7.54. The van der Waals surface area contributed by atoms with Crippen molar-refractivity contribution in [2.45, 2.75) is 32.8 Å². The molecule has 3 amide bonds. The fourth-order valence-corrected chi connectivity index (χ4v) is 1.86. The standard InChI is InChI=1S/C13H23N3O4/c1-13(2,3)20-12(19)16-8-7-15(11(18)9-16)6-4-5-14-10-17/h10H,4-9H2,1-3H3,(H,14,17). The van der Waals surface area contributed by atoms with E-state index in [4.69, 9.17) is 4.74 Å². The maximum Gasteiger partial charge on any atom is 0.410 e. The first-order chi connectivity index (χ1) is 9.33. The maximum absolute atomic E-state index is 11.9. The number of carbonyl (C=O) groups excluding carboxylic acids is 3. The molecule has 7 heteroatoms. The van der Waals surface area contributed by atoms with Crippen LogP contribution in [0.15, 0.2) is 0 Å². The second-order valence-corrected chi connectivity index (χ2v) is 5.71. The second kappa shape index (κ2) is 7.12. The SMILES string of the molecule is CC(C)(C)OC(=O)N1CCN(CCCNC=O)C(=O)C1. The molecule has 0 aromatic carbocycles. The topological polar surface area (TPSA) is 79.0 Å². The lowest BCUT2D eigenvalue weighted by atomic mass is 10.2. The van der Waals surface area contributed by atoms with Crippen molar-refractivity contribution in [2.75, 3.05) is 32.7 Å². The highest BCUT2D eigenvalue weighted by atomic mass is 16.6. The van der Waals surface area contributed by atoms with Gasteiger partial charge in [-0.25, -0.2) is 4.79 Å². The Morgan fingerprint density at radius 3 is 2.65 bits per heavy atom. The zero-order valence-corrected chi connectivity index (χ0v) is 12.3. The Labute approximate surface area is 119 Å². The molecule has 1 aliphatic heterocycles. The largest absolute Gasteiger partial charge is 0.444 e. The van der Waals surface area contributed by atoms with Crippen LogP contribution in [0.4, 0.5) is 4.79 Å². The lowest BCUT2D eigenvalue weighted by molar-refractivity contribution is -0.135. The molecule has 0 aromatic rings. The van der Waals surface area contributed by atoms with E-state index in [1.807, 2.05) is 0 Å². The Bertz CT molecular complexity index is 365. The van der Waals surface area contributed by atoms with Gasteiger partial charge in [0.2, 0.25) is 12.3 Å². The highest BCUT2D eigenvalue weighted by molar-refractivity contribution is 5.83. The van der Waals surface area contributed by atoms with Gasteiger partial charge < -0.3 is 15.0 Å². The minimum atomic E-state index is -0.558. The summed E-state index contributed by atoms with van der Waals surface area (Å²) in [6, 6.07) is 0. The fourth-order valence-electron chi connectivity index (χ4n) is 1.86. The molecule has 1 rings (SSSR count). The van der Waals surface area contributed by atoms with Gasteiger partial charge in [0.05, 0.1) is 0 Å². The molecule has 0 saturated carbocycles. The van der Waals surface area contributed by atoms with Crippen molar-refractivity contribution in [1.82, 2.24) is 15.1 Å². The van der Waals surface area contributed by atoms with Gasteiger partial charge in [-0.2, -0.15) is 0 Å². The van der Waals surface area contributed by atoms with Gasteiger partial charge in [0.15, 0.2) is 0 Å². The molecule has 1 fully saturated rings. The van der Waals surface area contributed by atoms with E-state index in [9.17, 15) is 14.4 Å². The summed E-state index contributed by atoms with van der Waals surface area (Å²) in [6.07, 6.45) is 0.896. The molecular weight excluding hydrogens is 262 g/mol. The lowest BCUT2D eigenvalue weighted by Gasteiger charge is -2.35. The first-order valence-electron chi connectivity index (χ1n) is 6.76. The minimum absolute atomic E-state index is 0.0516. The predicted octanol–water partition coefficient (Wildman–Crippen LogP) is 0.202. The maximum atomic E-state index is 11.9. The van der Waals surface area contributed by atoms with Crippen LogP contribution in [-0.4, -0.2) is 66.5 Å². The van der Waals surface area contributed by atoms with E-state index < -0.39 is 11.7 Å². The average molecular weight is 285 g/mol. The van der Waals surface area contributed by atoms with E-state index in [2.05, 4.69) is 5.32 Å². The molecule has 1 aliphatic rings. The quantitative estimate of drug-likeness (QED) is 0.578. The molecule has 20 heavy (non-hydrogen) atoms. The van der Waals surface area contributed by atoms with Crippen LogP contribution in [0.2, 0.25) is 0 Å². The van der Waals surface area contributed by atoms with Crippen LogP contribution in [-0.2, 0) is 14.3 Å². The van der Waals surface area contributed by atoms with Crippen LogP contribution in [0.25, 0.3) is 0 Å². The summed E-state index contributed by atoms with van der Waals surface area (Å²) in [5.41, 5.74) is -0.558. The minimum Gasteiger partial charge on any atom is -0.444 e. The van der Waals surface area contributed by atoms with Crippen LogP contribution in [0.5, 0.6) is 0 Å². The van der Waals surface area contributed by atoms with Gasteiger partial charge in [-0.1, -0.05) is 0 Å². The number of rotatable bonds is 5. The number of nitrogens with zero attached hydrogens (tertiary/aromatic N) is 2. The molecule has 0 bridgehead atoms. The van der Waals surface area contributed by atoms with Crippen molar-refractivity contribution in [3.05, 3.63) is 0 Å². The monoisotopic (exact) mass is 285 g/mol. The third kappa shape index (κ3) is 5.46. The van der Waals surface area contributed by atoms with Crippen LogP contribution < -0.4 is 5.32 Å². The van der Waals surface area contributed by atoms with E-state index in [1.165, 1.54) is 4.90 Å². The molecule has 0 spiro atoms. The number of hydrogen-bond acceptors (Lipinski definition) is 4. The molecule has 0 unspecified atom stereocenters. The molecule has 0 aliphatic carbocycles. The number of carbonyl (C=O) groups is 3. The first-order valence-corrected chi connectivity index (χ1v) is 6.76. The van der Waals surface area contributed by atoms with Gasteiger partial charge in [-0.05, 0) is 27.2 Å². The summed E-state index contributed by atoms with van der Waals surface area (Å²) in [4.78, 5) is 37.0. The Balaban J connectivity index is 2.37. The fraction of sp³-hybridized carbons (Fsp3) is 0.769. The Morgan fingerprint density at radius 1 is 1.40 bits per heavy atom. The van der Waals surface area contributed by atoms with Crippen molar-refractivity contribution >= 4 is 18.4 Å². The van der Waals surface area contributed by atoms with Gasteiger partial charge in [0.1, 0.15) is 12.1 Å². The van der Waals surface area contributed by atoms with Crippen LogP contribution in [0, 0.1) is 0 Å². The molecule has 114 valence electrons. The Kier molecular flexibility index (Phi) is 5.79. The van der Waals surface area contributed by atoms with Crippen molar-refractivity contribution < 1.29 is 19.1 Å². The zero-order valence-electron chi connectivity index (χ0n) is 12.3. The number of amides is 3. The number of hydrogen-bond donors (Lipinski definition) is 1. The second-order valence-electron chi connectivity index (χ2n) is 5.71. The highest BCUT2D eigenvalue weighted by Gasteiger charge is 2.29. The highest BCUT2D eigenvalue weighted by Crippen LogP contribution is 2.12. The van der Waals surface area contributed by atoms with Crippen LogP contribution >= 0.6 is 0 Å². The van der Waals surface area contributed by atoms with Gasteiger partial charge in [0, 0.05) is 26.2 Å². The van der Waals surface area contributed by atoms with Crippen LogP contribution in [0.3, 0.4) is 0 Å². The zero-order chi connectivity index (χ0) is 15.2. The van der Waals surface area contributed by atoms with Crippen molar-refractivity contribution in [1.29, 1.82) is 0 Å². The summed E-state index contributed by atoms with van der Waals surface area (Å²) >= 11 is 0.